The highest BCUT2D eigenvalue weighted by Crippen LogP contribution is 2.03. The Morgan fingerprint density at radius 1 is 1.16 bits per heavy atom. The first kappa shape index (κ1) is 14.7. The molecular weight excluding hydrogens is 248 g/mol. The van der Waals surface area contributed by atoms with Gasteiger partial charge in [-0.2, -0.15) is 0 Å². The minimum atomic E-state index is -0.547. The highest BCUT2D eigenvalue weighted by atomic mass is 16.5. The van der Waals surface area contributed by atoms with Crippen molar-refractivity contribution >= 4 is 17.8 Å². The molecule has 6 heteroatoms. The number of benzene rings is 1. The van der Waals surface area contributed by atoms with Crippen LogP contribution in [0.15, 0.2) is 24.3 Å². The zero-order valence-electron chi connectivity index (χ0n) is 10.6. The molecule has 0 aliphatic heterocycles. The third kappa shape index (κ3) is 4.79. The van der Waals surface area contributed by atoms with E-state index in [-0.39, 0.29) is 24.8 Å². The molecule has 0 aromatic heterocycles. The highest BCUT2D eigenvalue weighted by molar-refractivity contribution is 5.97. The number of nitrogens with two attached hydrogens (primary N) is 1. The predicted molar refractivity (Wildman–Crippen MR) is 68.5 cm³/mol. The van der Waals surface area contributed by atoms with E-state index in [1.165, 1.54) is 24.3 Å². The maximum atomic E-state index is 11.7. The van der Waals surface area contributed by atoms with Crippen molar-refractivity contribution in [1.82, 2.24) is 5.32 Å². The van der Waals surface area contributed by atoms with Gasteiger partial charge in [0.1, 0.15) is 0 Å². The maximum Gasteiger partial charge on any atom is 0.307 e. The summed E-state index contributed by atoms with van der Waals surface area (Å²) in [6.07, 6.45) is 0.124. The number of nitrogens with one attached hydrogen (secondary N) is 1. The first-order chi connectivity index (χ1) is 9.04. The lowest BCUT2D eigenvalue weighted by molar-refractivity contribution is -0.142. The first-order valence-electron chi connectivity index (χ1n) is 5.88. The monoisotopic (exact) mass is 264 g/mol. The van der Waals surface area contributed by atoms with E-state index in [2.05, 4.69) is 5.32 Å². The summed E-state index contributed by atoms with van der Waals surface area (Å²) < 4.78 is 4.73. The smallest absolute Gasteiger partial charge is 0.307 e. The van der Waals surface area contributed by atoms with Crippen LogP contribution < -0.4 is 11.1 Å². The molecular formula is C13H16N2O4. The Bertz CT molecular complexity index is 468. The Kier molecular flexibility index (Phi) is 5.53. The number of amides is 2. The fourth-order valence-corrected chi connectivity index (χ4v) is 1.40. The summed E-state index contributed by atoms with van der Waals surface area (Å²) in [7, 11) is 0. The Morgan fingerprint density at radius 2 is 1.74 bits per heavy atom. The van der Waals surface area contributed by atoms with E-state index in [9.17, 15) is 14.4 Å². The van der Waals surface area contributed by atoms with Crippen molar-refractivity contribution in [2.75, 3.05) is 13.2 Å². The van der Waals surface area contributed by atoms with Crippen LogP contribution in [0.25, 0.3) is 0 Å². The second-order valence-corrected chi connectivity index (χ2v) is 3.75. The summed E-state index contributed by atoms with van der Waals surface area (Å²) in [5, 5.41) is 2.58. The molecule has 0 atom stereocenters. The molecule has 102 valence electrons. The van der Waals surface area contributed by atoms with E-state index in [0.29, 0.717) is 17.7 Å². The van der Waals surface area contributed by atoms with Crippen molar-refractivity contribution in [3.05, 3.63) is 35.4 Å². The lowest BCUT2D eigenvalue weighted by atomic mass is 10.1. The van der Waals surface area contributed by atoms with E-state index in [1.54, 1.807) is 6.92 Å². The van der Waals surface area contributed by atoms with E-state index in [0.717, 1.165) is 0 Å². The lowest BCUT2D eigenvalue weighted by Gasteiger charge is -2.05. The van der Waals surface area contributed by atoms with Gasteiger partial charge in [-0.3, -0.25) is 14.4 Å². The molecule has 0 radical (unpaired) electrons. The molecule has 6 nitrogen and oxygen atoms in total. The molecule has 1 aromatic rings. The summed E-state index contributed by atoms with van der Waals surface area (Å²) in [4.78, 5) is 33.6. The molecule has 0 unspecified atom stereocenters. The first-order valence-corrected chi connectivity index (χ1v) is 5.88. The maximum absolute atomic E-state index is 11.7. The van der Waals surface area contributed by atoms with Gasteiger partial charge in [0.05, 0.1) is 13.0 Å². The summed E-state index contributed by atoms with van der Waals surface area (Å²) >= 11 is 0. The van der Waals surface area contributed by atoms with Gasteiger partial charge in [-0.25, -0.2) is 0 Å². The molecule has 0 heterocycles. The Balaban J connectivity index is 2.45. The molecule has 0 bridgehead atoms. The number of rotatable bonds is 6. The summed E-state index contributed by atoms with van der Waals surface area (Å²) in [6.45, 7) is 2.24. The Morgan fingerprint density at radius 3 is 2.26 bits per heavy atom. The molecule has 0 spiro atoms. The fraction of sp³-hybridized carbons (Fsp3) is 0.308. The largest absolute Gasteiger partial charge is 0.466 e. The average Bonchev–Trinajstić information content (AvgIpc) is 2.39. The van der Waals surface area contributed by atoms with Crippen LogP contribution in [0.4, 0.5) is 0 Å². The quantitative estimate of drug-likeness (QED) is 0.729. The summed E-state index contributed by atoms with van der Waals surface area (Å²) in [5.74, 6) is -1.22. The molecule has 1 rings (SSSR count). The third-order valence-corrected chi connectivity index (χ3v) is 2.35. The molecule has 0 saturated heterocycles. The van der Waals surface area contributed by atoms with Crippen LogP contribution >= 0.6 is 0 Å². The van der Waals surface area contributed by atoms with Gasteiger partial charge < -0.3 is 15.8 Å². The van der Waals surface area contributed by atoms with Gasteiger partial charge in [0, 0.05) is 17.7 Å². The number of hydrogen-bond donors (Lipinski definition) is 2. The number of carbonyl (C=O) groups is 3. The number of primary amides is 1. The fourth-order valence-electron chi connectivity index (χ4n) is 1.40. The molecule has 0 fully saturated rings. The lowest BCUT2D eigenvalue weighted by Crippen LogP contribution is -2.26. The topological polar surface area (TPSA) is 98.5 Å². The standard InChI is InChI=1S/C13H16N2O4/c1-2-19-11(16)7-8-15-13(18)10-5-3-9(4-6-10)12(14)17/h3-6H,2,7-8H2,1H3,(H2,14,17)(H,15,18). The molecule has 0 aliphatic carbocycles. The molecule has 1 aromatic carbocycles. The zero-order valence-corrected chi connectivity index (χ0v) is 10.6. The van der Waals surface area contributed by atoms with Crippen LogP contribution in [0.2, 0.25) is 0 Å². The van der Waals surface area contributed by atoms with Gasteiger partial charge in [0.15, 0.2) is 0 Å². The number of esters is 1. The molecule has 0 aliphatic rings. The SMILES string of the molecule is CCOC(=O)CCNC(=O)c1ccc(C(N)=O)cc1. The predicted octanol–water partition coefficient (Wildman–Crippen LogP) is 0.468. The van der Waals surface area contributed by atoms with Crippen molar-refractivity contribution in [2.24, 2.45) is 5.73 Å². The van der Waals surface area contributed by atoms with Gasteiger partial charge >= 0.3 is 5.97 Å². The highest BCUT2D eigenvalue weighted by Gasteiger charge is 2.08. The minimum Gasteiger partial charge on any atom is -0.466 e. The van der Waals surface area contributed by atoms with Crippen molar-refractivity contribution in [2.45, 2.75) is 13.3 Å². The second kappa shape index (κ2) is 7.15. The molecule has 3 N–H and O–H groups in total. The third-order valence-electron chi connectivity index (χ3n) is 2.35. The van der Waals surface area contributed by atoms with Gasteiger partial charge in [-0.1, -0.05) is 0 Å². The van der Waals surface area contributed by atoms with Crippen LogP contribution in [0, 0.1) is 0 Å². The molecule has 0 saturated carbocycles. The van der Waals surface area contributed by atoms with Crippen LogP contribution in [-0.2, 0) is 9.53 Å². The van der Waals surface area contributed by atoms with Crippen molar-refractivity contribution in [1.29, 1.82) is 0 Å². The van der Waals surface area contributed by atoms with Crippen molar-refractivity contribution < 1.29 is 19.1 Å². The summed E-state index contributed by atoms with van der Waals surface area (Å²) in [5.41, 5.74) is 5.82. The number of hydrogen-bond acceptors (Lipinski definition) is 4. The van der Waals surface area contributed by atoms with Gasteiger partial charge in [-0.15, -0.1) is 0 Å². The van der Waals surface area contributed by atoms with E-state index in [4.69, 9.17) is 10.5 Å². The van der Waals surface area contributed by atoms with Crippen LogP contribution in [0.1, 0.15) is 34.1 Å². The Labute approximate surface area is 110 Å². The Hall–Kier alpha value is -2.37. The number of carbonyl (C=O) groups excluding carboxylic acids is 3. The average molecular weight is 264 g/mol. The van der Waals surface area contributed by atoms with E-state index < -0.39 is 5.91 Å². The van der Waals surface area contributed by atoms with E-state index >= 15 is 0 Å². The van der Waals surface area contributed by atoms with Crippen LogP contribution in [0.3, 0.4) is 0 Å². The van der Waals surface area contributed by atoms with E-state index in [1.807, 2.05) is 0 Å². The van der Waals surface area contributed by atoms with Crippen LogP contribution in [-0.4, -0.2) is 30.9 Å². The second-order valence-electron chi connectivity index (χ2n) is 3.75. The minimum absolute atomic E-state index is 0.124. The van der Waals surface area contributed by atoms with Crippen molar-refractivity contribution in [3.8, 4) is 0 Å². The summed E-state index contributed by atoms with van der Waals surface area (Å²) in [6, 6.07) is 5.95. The van der Waals surface area contributed by atoms with Gasteiger partial charge in [0.2, 0.25) is 5.91 Å². The zero-order chi connectivity index (χ0) is 14.3. The van der Waals surface area contributed by atoms with Gasteiger partial charge in [-0.05, 0) is 31.2 Å². The van der Waals surface area contributed by atoms with Gasteiger partial charge in [0.25, 0.3) is 5.91 Å². The number of ether oxygens (including phenoxy) is 1. The van der Waals surface area contributed by atoms with Crippen molar-refractivity contribution in [3.63, 3.8) is 0 Å². The molecule has 19 heavy (non-hydrogen) atoms. The van der Waals surface area contributed by atoms with Crippen LogP contribution in [0.5, 0.6) is 0 Å². The molecule has 2 amide bonds. The normalized spacial score (nSPS) is 9.74.